The van der Waals surface area contributed by atoms with Gasteiger partial charge in [0.15, 0.2) is 5.76 Å². The standard InChI is InChI=1S/C16H16N2O6/c19-15(17-11-3-1-9(2-4-11)16(20)21)14-8-10-7-12(18(22)23)5-6-13(10)24-14/h5-9,11H,1-4H2,(H,17,19)(H,20,21). The fourth-order valence-electron chi connectivity index (χ4n) is 3.00. The van der Waals surface area contributed by atoms with Gasteiger partial charge in [-0.1, -0.05) is 0 Å². The Labute approximate surface area is 136 Å². The van der Waals surface area contributed by atoms with Gasteiger partial charge in [0.1, 0.15) is 5.58 Å². The summed E-state index contributed by atoms with van der Waals surface area (Å²) in [7, 11) is 0. The third kappa shape index (κ3) is 3.22. The van der Waals surface area contributed by atoms with Gasteiger partial charge >= 0.3 is 5.97 Å². The highest BCUT2D eigenvalue weighted by Gasteiger charge is 2.27. The molecule has 2 aromatic rings. The fraction of sp³-hybridized carbons (Fsp3) is 0.375. The van der Waals surface area contributed by atoms with E-state index in [1.807, 2.05) is 0 Å². The molecule has 0 spiro atoms. The van der Waals surface area contributed by atoms with E-state index in [0.717, 1.165) is 0 Å². The van der Waals surface area contributed by atoms with Crippen LogP contribution in [0.1, 0.15) is 36.2 Å². The van der Waals surface area contributed by atoms with Crippen LogP contribution in [0.5, 0.6) is 0 Å². The van der Waals surface area contributed by atoms with Gasteiger partial charge in [-0.3, -0.25) is 19.7 Å². The Morgan fingerprint density at radius 2 is 1.92 bits per heavy atom. The molecular weight excluding hydrogens is 316 g/mol. The van der Waals surface area contributed by atoms with Gasteiger partial charge in [-0.25, -0.2) is 0 Å². The molecule has 1 aromatic heterocycles. The zero-order valence-corrected chi connectivity index (χ0v) is 12.7. The summed E-state index contributed by atoms with van der Waals surface area (Å²) < 4.78 is 5.44. The molecule has 1 aliphatic rings. The third-order valence-electron chi connectivity index (χ3n) is 4.35. The average Bonchev–Trinajstić information content (AvgIpc) is 2.98. The molecule has 8 nitrogen and oxygen atoms in total. The first-order valence-corrected chi connectivity index (χ1v) is 7.65. The Morgan fingerprint density at radius 3 is 2.54 bits per heavy atom. The van der Waals surface area contributed by atoms with E-state index in [2.05, 4.69) is 5.32 Å². The summed E-state index contributed by atoms with van der Waals surface area (Å²) in [6.07, 6.45) is 2.28. The number of fused-ring (bicyclic) bond motifs is 1. The first kappa shape index (κ1) is 16.0. The molecule has 24 heavy (non-hydrogen) atoms. The van der Waals surface area contributed by atoms with Crippen LogP contribution < -0.4 is 5.32 Å². The maximum Gasteiger partial charge on any atom is 0.306 e. The zero-order chi connectivity index (χ0) is 17.3. The normalized spacial score (nSPS) is 20.7. The molecule has 0 saturated heterocycles. The number of aliphatic carboxylic acids is 1. The van der Waals surface area contributed by atoms with E-state index in [9.17, 15) is 19.7 Å². The molecule has 1 heterocycles. The number of amides is 1. The number of nitro groups is 1. The van der Waals surface area contributed by atoms with Gasteiger partial charge in [0, 0.05) is 23.6 Å². The first-order chi connectivity index (χ1) is 11.4. The number of carboxylic acid groups (broad SMARTS) is 1. The minimum absolute atomic E-state index is 0.0674. The number of benzene rings is 1. The lowest BCUT2D eigenvalue weighted by molar-refractivity contribution is -0.384. The number of hydrogen-bond acceptors (Lipinski definition) is 5. The highest BCUT2D eigenvalue weighted by molar-refractivity contribution is 5.96. The predicted octanol–water partition coefficient (Wildman–Crippen LogP) is 2.71. The molecule has 1 amide bonds. The van der Waals surface area contributed by atoms with Crippen molar-refractivity contribution >= 4 is 28.5 Å². The molecule has 0 bridgehead atoms. The van der Waals surface area contributed by atoms with Crippen LogP contribution in [0.25, 0.3) is 11.0 Å². The monoisotopic (exact) mass is 332 g/mol. The molecule has 1 aromatic carbocycles. The molecule has 0 aliphatic heterocycles. The Hall–Kier alpha value is -2.90. The summed E-state index contributed by atoms with van der Waals surface area (Å²) in [6.45, 7) is 0. The van der Waals surface area contributed by atoms with Gasteiger partial charge in [-0.15, -0.1) is 0 Å². The summed E-state index contributed by atoms with van der Waals surface area (Å²) in [5, 5.41) is 23.1. The van der Waals surface area contributed by atoms with E-state index < -0.39 is 16.8 Å². The molecule has 2 N–H and O–H groups in total. The lowest BCUT2D eigenvalue weighted by atomic mass is 9.86. The van der Waals surface area contributed by atoms with Crippen molar-refractivity contribution in [3.05, 3.63) is 40.1 Å². The third-order valence-corrected chi connectivity index (χ3v) is 4.35. The number of hydrogen-bond donors (Lipinski definition) is 2. The van der Waals surface area contributed by atoms with Crippen molar-refractivity contribution in [3.8, 4) is 0 Å². The van der Waals surface area contributed by atoms with E-state index in [4.69, 9.17) is 9.52 Å². The van der Waals surface area contributed by atoms with Crippen molar-refractivity contribution in [1.29, 1.82) is 0 Å². The SMILES string of the molecule is O=C(NC1CCC(C(=O)O)CC1)c1cc2cc([N+](=O)[O-])ccc2o1. The maximum absolute atomic E-state index is 12.3. The van der Waals surface area contributed by atoms with Crippen LogP contribution in [0.15, 0.2) is 28.7 Å². The zero-order valence-electron chi connectivity index (χ0n) is 12.7. The number of nitro benzene ring substituents is 1. The highest BCUT2D eigenvalue weighted by Crippen LogP contribution is 2.26. The fourth-order valence-corrected chi connectivity index (χ4v) is 3.00. The van der Waals surface area contributed by atoms with E-state index in [1.54, 1.807) is 0 Å². The van der Waals surface area contributed by atoms with Gasteiger partial charge in [0.25, 0.3) is 11.6 Å². The lowest BCUT2D eigenvalue weighted by Gasteiger charge is -2.26. The van der Waals surface area contributed by atoms with Crippen molar-refractivity contribution in [3.63, 3.8) is 0 Å². The molecule has 126 valence electrons. The predicted molar refractivity (Wildman–Crippen MR) is 83.7 cm³/mol. The molecule has 0 radical (unpaired) electrons. The highest BCUT2D eigenvalue weighted by atomic mass is 16.6. The van der Waals surface area contributed by atoms with Crippen molar-refractivity contribution in [2.24, 2.45) is 5.92 Å². The van der Waals surface area contributed by atoms with E-state index in [0.29, 0.717) is 36.7 Å². The van der Waals surface area contributed by atoms with Gasteiger partial charge in [-0.2, -0.15) is 0 Å². The van der Waals surface area contributed by atoms with Crippen LogP contribution in [0.4, 0.5) is 5.69 Å². The average molecular weight is 332 g/mol. The summed E-state index contributed by atoms with van der Waals surface area (Å²) in [5.74, 6) is -1.44. The molecule has 3 rings (SSSR count). The second kappa shape index (κ2) is 6.31. The minimum Gasteiger partial charge on any atom is -0.481 e. The first-order valence-electron chi connectivity index (χ1n) is 7.65. The summed E-state index contributed by atoms with van der Waals surface area (Å²) in [5.41, 5.74) is 0.336. The molecule has 0 unspecified atom stereocenters. The number of furan rings is 1. The van der Waals surface area contributed by atoms with Crippen LogP contribution in [0.3, 0.4) is 0 Å². The molecule has 8 heteroatoms. The molecule has 1 aliphatic carbocycles. The number of non-ortho nitro benzene ring substituents is 1. The maximum atomic E-state index is 12.3. The number of carbonyl (C=O) groups excluding carboxylic acids is 1. The van der Waals surface area contributed by atoms with Crippen LogP contribution in [0.2, 0.25) is 0 Å². The summed E-state index contributed by atoms with van der Waals surface area (Å²) >= 11 is 0. The quantitative estimate of drug-likeness (QED) is 0.655. The van der Waals surface area contributed by atoms with Crippen molar-refractivity contribution in [2.75, 3.05) is 0 Å². The summed E-state index contributed by atoms with van der Waals surface area (Å²) in [4.78, 5) is 33.5. The molecular formula is C16H16N2O6. The minimum atomic E-state index is -0.793. The summed E-state index contributed by atoms with van der Waals surface area (Å²) in [6, 6.07) is 5.52. The smallest absolute Gasteiger partial charge is 0.306 e. The number of rotatable bonds is 4. The second-order valence-electron chi connectivity index (χ2n) is 5.95. The van der Waals surface area contributed by atoms with Gasteiger partial charge in [-0.05, 0) is 37.8 Å². The van der Waals surface area contributed by atoms with Crippen molar-refractivity contribution in [1.82, 2.24) is 5.32 Å². The van der Waals surface area contributed by atoms with Crippen LogP contribution in [-0.4, -0.2) is 27.9 Å². The van der Waals surface area contributed by atoms with E-state index in [-0.39, 0.29) is 23.4 Å². The topological polar surface area (TPSA) is 123 Å². The van der Waals surface area contributed by atoms with Crippen LogP contribution in [-0.2, 0) is 4.79 Å². The Kier molecular flexibility index (Phi) is 4.20. The van der Waals surface area contributed by atoms with Crippen LogP contribution >= 0.6 is 0 Å². The largest absolute Gasteiger partial charge is 0.481 e. The Morgan fingerprint density at radius 1 is 1.21 bits per heavy atom. The number of carbonyl (C=O) groups is 2. The number of carboxylic acids is 1. The Bertz CT molecular complexity index is 804. The molecule has 0 atom stereocenters. The number of nitrogens with one attached hydrogen (secondary N) is 1. The van der Waals surface area contributed by atoms with E-state index in [1.165, 1.54) is 24.3 Å². The van der Waals surface area contributed by atoms with Crippen LogP contribution in [0, 0.1) is 16.0 Å². The second-order valence-corrected chi connectivity index (χ2v) is 5.95. The number of nitrogens with zero attached hydrogens (tertiary/aromatic N) is 1. The molecule has 1 saturated carbocycles. The Balaban J connectivity index is 1.68. The lowest BCUT2D eigenvalue weighted by Crippen LogP contribution is -2.38. The van der Waals surface area contributed by atoms with Gasteiger partial charge in [0.05, 0.1) is 10.8 Å². The van der Waals surface area contributed by atoms with Gasteiger partial charge < -0.3 is 14.8 Å². The van der Waals surface area contributed by atoms with Crippen molar-refractivity contribution in [2.45, 2.75) is 31.7 Å². The van der Waals surface area contributed by atoms with E-state index >= 15 is 0 Å². The van der Waals surface area contributed by atoms with Crippen molar-refractivity contribution < 1.29 is 24.0 Å². The van der Waals surface area contributed by atoms with Gasteiger partial charge in [0.2, 0.25) is 0 Å². The molecule has 1 fully saturated rings.